The van der Waals surface area contributed by atoms with E-state index >= 15 is 0 Å². The number of carbonyl (C=O) groups excluding carboxylic acids is 1. The molecule has 0 unspecified atom stereocenters. The van der Waals surface area contributed by atoms with Crippen LogP contribution in [0, 0.1) is 0 Å². The largest absolute Gasteiger partial charge is 0.418 e. The number of rotatable bonds is 5. The summed E-state index contributed by atoms with van der Waals surface area (Å²) in [5.41, 5.74) is 3.36. The van der Waals surface area contributed by atoms with E-state index in [1.165, 1.54) is 7.05 Å². The van der Waals surface area contributed by atoms with Crippen LogP contribution in [0.1, 0.15) is 15.9 Å². The van der Waals surface area contributed by atoms with Crippen LogP contribution in [0.25, 0.3) is 0 Å². The molecule has 0 atom stereocenters. The van der Waals surface area contributed by atoms with E-state index in [2.05, 4.69) is 5.32 Å². The summed E-state index contributed by atoms with van der Waals surface area (Å²) in [5.74, 6) is -1.19. The van der Waals surface area contributed by atoms with Gasteiger partial charge in [0.25, 0.3) is 5.91 Å². The van der Waals surface area contributed by atoms with Gasteiger partial charge in [-0.05, 0) is 25.2 Å². The van der Waals surface area contributed by atoms with Crippen LogP contribution in [0.15, 0.2) is 18.2 Å². The van der Waals surface area contributed by atoms with Gasteiger partial charge < -0.3 is 11.1 Å². The second-order valence-electron chi connectivity index (χ2n) is 4.08. The van der Waals surface area contributed by atoms with Crippen molar-refractivity contribution in [3.8, 4) is 0 Å². The maximum atomic E-state index is 12.6. The number of benzene rings is 1. The third-order valence-electron chi connectivity index (χ3n) is 2.59. The van der Waals surface area contributed by atoms with Crippen molar-refractivity contribution in [2.45, 2.75) is 6.18 Å². The molecule has 1 aromatic carbocycles. The van der Waals surface area contributed by atoms with E-state index in [-0.39, 0.29) is 17.9 Å². The number of nitrogens with one attached hydrogen (secondary N) is 2. The molecule has 1 amide bonds. The lowest BCUT2D eigenvalue weighted by atomic mass is 10.1. The van der Waals surface area contributed by atoms with Crippen LogP contribution in [-0.2, 0) is 16.2 Å². The minimum Gasteiger partial charge on any atom is -0.398 e. The number of nitrogen functional groups attached to an aromatic ring is 1. The fourth-order valence-electron chi connectivity index (χ4n) is 1.45. The van der Waals surface area contributed by atoms with E-state index in [0.717, 1.165) is 12.1 Å². The Labute approximate surface area is 119 Å². The quantitative estimate of drug-likeness (QED) is 0.689. The molecule has 10 heteroatoms. The van der Waals surface area contributed by atoms with Gasteiger partial charge in [-0.1, -0.05) is 0 Å². The van der Waals surface area contributed by atoms with Crippen LogP contribution in [0.5, 0.6) is 0 Å². The van der Waals surface area contributed by atoms with Gasteiger partial charge in [0.1, 0.15) is 0 Å². The molecule has 0 aliphatic heterocycles. The first-order chi connectivity index (χ1) is 9.57. The molecule has 4 N–H and O–H groups in total. The fourth-order valence-corrected chi connectivity index (χ4v) is 2.02. The highest BCUT2D eigenvalue weighted by Crippen LogP contribution is 2.33. The Morgan fingerprint density at radius 3 is 2.48 bits per heavy atom. The Hall–Kier alpha value is -1.81. The van der Waals surface area contributed by atoms with Gasteiger partial charge in [-0.15, -0.1) is 0 Å². The Kier molecular flexibility index (Phi) is 5.18. The van der Waals surface area contributed by atoms with Crippen molar-refractivity contribution >= 4 is 21.6 Å². The van der Waals surface area contributed by atoms with Crippen LogP contribution in [0.2, 0.25) is 0 Å². The first-order valence-electron chi connectivity index (χ1n) is 5.73. The van der Waals surface area contributed by atoms with Gasteiger partial charge in [0.15, 0.2) is 0 Å². The topological polar surface area (TPSA) is 101 Å². The van der Waals surface area contributed by atoms with Crippen LogP contribution >= 0.6 is 0 Å². The van der Waals surface area contributed by atoms with Crippen molar-refractivity contribution in [1.82, 2.24) is 10.0 Å². The molecule has 0 aliphatic rings. The molecule has 0 aromatic heterocycles. The average Bonchev–Trinajstić information content (AvgIpc) is 2.37. The van der Waals surface area contributed by atoms with Crippen LogP contribution in [0.3, 0.4) is 0 Å². The number of halogens is 3. The average molecular weight is 325 g/mol. The number of amides is 1. The van der Waals surface area contributed by atoms with E-state index in [9.17, 15) is 26.4 Å². The number of carbonyl (C=O) groups is 1. The number of alkyl halides is 3. The van der Waals surface area contributed by atoms with Crippen molar-refractivity contribution in [3.63, 3.8) is 0 Å². The van der Waals surface area contributed by atoms with Crippen molar-refractivity contribution in [2.24, 2.45) is 0 Å². The Balaban J connectivity index is 2.80. The molecule has 1 rings (SSSR count). The van der Waals surface area contributed by atoms with Gasteiger partial charge in [-0.25, -0.2) is 13.1 Å². The van der Waals surface area contributed by atoms with Gasteiger partial charge in [-0.3, -0.25) is 4.79 Å². The molecule has 0 spiro atoms. The number of hydrogen-bond acceptors (Lipinski definition) is 4. The third kappa shape index (κ3) is 4.90. The number of sulfonamides is 1. The summed E-state index contributed by atoms with van der Waals surface area (Å²) in [6, 6.07) is 2.73. The minimum atomic E-state index is -4.67. The van der Waals surface area contributed by atoms with Gasteiger partial charge in [0.05, 0.1) is 11.3 Å². The molecule has 21 heavy (non-hydrogen) atoms. The highest BCUT2D eigenvalue weighted by Gasteiger charge is 2.33. The highest BCUT2D eigenvalue weighted by atomic mass is 32.2. The Morgan fingerprint density at radius 1 is 1.33 bits per heavy atom. The van der Waals surface area contributed by atoms with E-state index in [1.54, 1.807) is 0 Å². The number of hydrogen-bond donors (Lipinski definition) is 3. The molecule has 0 fully saturated rings. The molecule has 0 radical (unpaired) electrons. The van der Waals surface area contributed by atoms with E-state index in [0.29, 0.717) is 6.07 Å². The lowest BCUT2D eigenvalue weighted by molar-refractivity contribution is -0.136. The molecule has 1 aromatic rings. The van der Waals surface area contributed by atoms with Crippen molar-refractivity contribution in [2.75, 3.05) is 25.1 Å². The zero-order valence-corrected chi connectivity index (χ0v) is 11.8. The molecule has 0 saturated carbocycles. The zero-order chi connectivity index (χ0) is 16.3. The molecule has 0 heterocycles. The SMILES string of the molecule is CNS(=O)(=O)CCNC(=O)c1ccc(N)c(C(F)(F)F)c1. The summed E-state index contributed by atoms with van der Waals surface area (Å²) in [6.45, 7) is -0.228. The molecule has 6 nitrogen and oxygen atoms in total. The minimum absolute atomic E-state index is 0.228. The van der Waals surface area contributed by atoms with E-state index < -0.39 is 33.4 Å². The summed E-state index contributed by atoms with van der Waals surface area (Å²) in [4.78, 5) is 11.7. The van der Waals surface area contributed by atoms with Crippen LogP contribution in [-0.4, -0.2) is 33.7 Å². The third-order valence-corrected chi connectivity index (χ3v) is 3.95. The van der Waals surface area contributed by atoms with Crippen molar-refractivity contribution in [1.29, 1.82) is 0 Å². The summed E-state index contributed by atoms with van der Waals surface area (Å²) in [5, 5.41) is 2.22. The number of anilines is 1. The summed E-state index contributed by atoms with van der Waals surface area (Å²) < 4.78 is 62.2. The predicted octanol–water partition coefficient (Wildman–Crippen LogP) is 0.567. The molecule has 0 bridgehead atoms. The summed E-state index contributed by atoms with van der Waals surface area (Å²) in [6.07, 6.45) is -4.67. The van der Waals surface area contributed by atoms with Crippen molar-refractivity contribution < 1.29 is 26.4 Å². The standard InChI is InChI=1S/C11H14F3N3O3S/c1-16-21(19,20)5-4-17-10(18)7-2-3-9(15)8(6-7)11(12,13)14/h2-3,6,16H,4-5,15H2,1H3,(H,17,18). The van der Waals surface area contributed by atoms with E-state index in [1.807, 2.05) is 4.72 Å². The second kappa shape index (κ2) is 6.31. The smallest absolute Gasteiger partial charge is 0.398 e. The highest BCUT2D eigenvalue weighted by molar-refractivity contribution is 7.89. The van der Waals surface area contributed by atoms with E-state index in [4.69, 9.17) is 5.73 Å². The predicted molar refractivity (Wildman–Crippen MR) is 71.0 cm³/mol. The van der Waals surface area contributed by atoms with Crippen LogP contribution < -0.4 is 15.8 Å². The lowest BCUT2D eigenvalue weighted by Crippen LogP contribution is -2.33. The summed E-state index contributed by atoms with van der Waals surface area (Å²) in [7, 11) is -2.29. The van der Waals surface area contributed by atoms with Gasteiger partial charge >= 0.3 is 6.18 Å². The first-order valence-corrected chi connectivity index (χ1v) is 7.38. The fraction of sp³-hybridized carbons (Fsp3) is 0.364. The molecular formula is C11H14F3N3O3S. The maximum Gasteiger partial charge on any atom is 0.418 e. The van der Waals surface area contributed by atoms with Gasteiger partial charge in [0, 0.05) is 17.8 Å². The van der Waals surface area contributed by atoms with Gasteiger partial charge in [-0.2, -0.15) is 13.2 Å². The number of nitrogens with two attached hydrogens (primary N) is 1. The lowest BCUT2D eigenvalue weighted by Gasteiger charge is -2.12. The van der Waals surface area contributed by atoms with Gasteiger partial charge in [0.2, 0.25) is 10.0 Å². The monoisotopic (exact) mass is 325 g/mol. The summed E-state index contributed by atoms with van der Waals surface area (Å²) >= 11 is 0. The molecular weight excluding hydrogens is 311 g/mol. The zero-order valence-electron chi connectivity index (χ0n) is 11.0. The van der Waals surface area contributed by atoms with Crippen LogP contribution in [0.4, 0.5) is 18.9 Å². The first kappa shape index (κ1) is 17.2. The second-order valence-corrected chi connectivity index (χ2v) is 6.12. The maximum absolute atomic E-state index is 12.6. The molecule has 118 valence electrons. The Morgan fingerprint density at radius 2 is 1.95 bits per heavy atom. The van der Waals surface area contributed by atoms with Crippen molar-refractivity contribution in [3.05, 3.63) is 29.3 Å². The molecule has 0 aliphatic carbocycles. The Bertz CT molecular complexity index is 629. The molecule has 0 saturated heterocycles. The normalized spacial score (nSPS) is 12.2.